The molecule has 19 heavy (non-hydrogen) atoms. The molecule has 1 amide bonds. The Morgan fingerprint density at radius 1 is 1.63 bits per heavy atom. The molecule has 2 fully saturated rings. The van der Waals surface area contributed by atoms with Crippen LogP contribution in [0.4, 0.5) is 0 Å². The van der Waals surface area contributed by atoms with Crippen LogP contribution in [0, 0.1) is 11.8 Å². The fraction of sp³-hybridized carbons (Fsp3) is 0.643. The van der Waals surface area contributed by atoms with Gasteiger partial charge in [-0.2, -0.15) is 0 Å². The second-order valence-corrected chi connectivity index (χ2v) is 6.29. The van der Waals surface area contributed by atoms with Gasteiger partial charge >= 0.3 is 0 Å². The number of thiophene rings is 1. The predicted molar refractivity (Wildman–Crippen MR) is 73.2 cm³/mol. The molecule has 5 heteroatoms. The molecule has 1 saturated carbocycles. The van der Waals surface area contributed by atoms with Crippen molar-refractivity contribution >= 4 is 17.2 Å². The third-order valence-corrected chi connectivity index (χ3v) is 5.01. The fourth-order valence-corrected chi connectivity index (χ4v) is 3.95. The Morgan fingerprint density at radius 3 is 3.26 bits per heavy atom. The highest BCUT2D eigenvalue weighted by Crippen LogP contribution is 2.43. The van der Waals surface area contributed by atoms with Gasteiger partial charge in [0.1, 0.15) is 0 Å². The minimum atomic E-state index is 0.110. The summed E-state index contributed by atoms with van der Waals surface area (Å²) in [6.45, 7) is 1.47. The monoisotopic (exact) mass is 281 g/mol. The van der Waals surface area contributed by atoms with Crippen LogP contribution < -0.4 is 5.32 Å². The largest absolute Gasteiger partial charge is 0.384 e. The topological polar surface area (TPSA) is 47.6 Å². The summed E-state index contributed by atoms with van der Waals surface area (Å²) >= 11 is 1.62. The molecular formula is C14H19NO3S. The maximum Gasteiger partial charge on any atom is 0.225 e. The average molecular weight is 281 g/mol. The van der Waals surface area contributed by atoms with Crippen molar-refractivity contribution in [1.29, 1.82) is 0 Å². The summed E-state index contributed by atoms with van der Waals surface area (Å²) in [7, 11) is 1.70. The molecule has 1 saturated heterocycles. The lowest BCUT2D eigenvalue weighted by atomic mass is 9.67. The average Bonchev–Trinajstić information content (AvgIpc) is 3.02. The van der Waals surface area contributed by atoms with E-state index in [4.69, 9.17) is 9.47 Å². The van der Waals surface area contributed by atoms with Gasteiger partial charge in [0, 0.05) is 36.5 Å². The third-order valence-electron chi connectivity index (χ3n) is 4.13. The van der Waals surface area contributed by atoms with Crippen molar-refractivity contribution in [2.75, 3.05) is 20.3 Å². The number of hydrogen-bond donors (Lipinski definition) is 1. The Bertz CT molecular complexity index is 434. The van der Waals surface area contributed by atoms with Crippen molar-refractivity contribution in [3.05, 3.63) is 22.4 Å². The van der Waals surface area contributed by atoms with E-state index in [1.165, 1.54) is 0 Å². The highest BCUT2D eigenvalue weighted by Gasteiger charge is 2.54. The van der Waals surface area contributed by atoms with Crippen LogP contribution in [0.1, 0.15) is 11.3 Å². The second kappa shape index (κ2) is 5.61. The molecule has 104 valence electrons. The van der Waals surface area contributed by atoms with E-state index in [0.29, 0.717) is 24.9 Å². The van der Waals surface area contributed by atoms with E-state index in [9.17, 15) is 4.79 Å². The van der Waals surface area contributed by atoms with E-state index in [-0.39, 0.29) is 18.1 Å². The van der Waals surface area contributed by atoms with Gasteiger partial charge < -0.3 is 14.8 Å². The quantitative estimate of drug-likeness (QED) is 0.889. The van der Waals surface area contributed by atoms with E-state index >= 15 is 0 Å². The zero-order valence-corrected chi connectivity index (χ0v) is 11.8. The van der Waals surface area contributed by atoms with Crippen molar-refractivity contribution < 1.29 is 14.3 Å². The lowest BCUT2D eigenvalue weighted by Crippen LogP contribution is -2.62. The van der Waals surface area contributed by atoms with Gasteiger partial charge in [-0.05, 0) is 17.9 Å². The summed E-state index contributed by atoms with van der Waals surface area (Å²) < 4.78 is 10.9. The minimum Gasteiger partial charge on any atom is -0.384 e. The van der Waals surface area contributed by atoms with Gasteiger partial charge in [0.2, 0.25) is 5.91 Å². The van der Waals surface area contributed by atoms with Gasteiger partial charge in [-0.3, -0.25) is 4.79 Å². The van der Waals surface area contributed by atoms with Crippen molar-refractivity contribution in [2.45, 2.75) is 25.0 Å². The van der Waals surface area contributed by atoms with Gasteiger partial charge in [0.25, 0.3) is 0 Å². The Kier molecular flexibility index (Phi) is 3.86. The number of nitrogens with one attached hydrogen (secondary N) is 1. The number of amides is 1. The lowest BCUT2D eigenvalue weighted by molar-refractivity contribution is -0.129. The van der Waals surface area contributed by atoms with Crippen molar-refractivity contribution in [1.82, 2.24) is 5.32 Å². The van der Waals surface area contributed by atoms with Crippen LogP contribution in [0.3, 0.4) is 0 Å². The molecule has 1 aromatic heterocycles. The number of carbonyl (C=O) groups excluding carboxylic acids is 1. The number of methoxy groups -OCH3 is 1. The zero-order chi connectivity index (χ0) is 13.2. The first-order chi connectivity index (χ1) is 9.29. The molecule has 0 bridgehead atoms. The van der Waals surface area contributed by atoms with E-state index in [1.807, 2.05) is 17.5 Å². The van der Waals surface area contributed by atoms with Crippen LogP contribution >= 0.6 is 11.3 Å². The van der Waals surface area contributed by atoms with Crippen LogP contribution in [0.2, 0.25) is 0 Å². The van der Waals surface area contributed by atoms with E-state index in [2.05, 4.69) is 5.32 Å². The molecule has 0 spiro atoms. The summed E-state index contributed by atoms with van der Waals surface area (Å²) in [4.78, 5) is 13.2. The van der Waals surface area contributed by atoms with Crippen LogP contribution in [0.5, 0.6) is 0 Å². The Morgan fingerprint density at radius 2 is 2.53 bits per heavy atom. The molecule has 1 aromatic rings. The molecule has 4 atom stereocenters. The van der Waals surface area contributed by atoms with E-state index < -0.39 is 0 Å². The first kappa shape index (κ1) is 13.1. The standard InChI is InChI=1S/C14H19NO3S/c1-17-8-11-13(10-4-5-18-14(10)11)15-12(16)7-9-3-2-6-19-9/h2-3,6,10-11,13-14H,4-5,7-8H2,1H3,(H,15,16)/t10-,11+,13+,14-/m0/s1. The molecule has 1 N–H and O–H groups in total. The van der Waals surface area contributed by atoms with Gasteiger partial charge in [-0.15, -0.1) is 11.3 Å². The third kappa shape index (κ3) is 2.55. The van der Waals surface area contributed by atoms with Crippen molar-refractivity contribution in [3.63, 3.8) is 0 Å². The van der Waals surface area contributed by atoms with Gasteiger partial charge in [0.05, 0.1) is 19.1 Å². The van der Waals surface area contributed by atoms with Crippen molar-refractivity contribution in [3.8, 4) is 0 Å². The molecular weight excluding hydrogens is 262 g/mol. The van der Waals surface area contributed by atoms with Crippen LogP contribution in [0.15, 0.2) is 17.5 Å². The predicted octanol–water partition coefficient (Wildman–Crippen LogP) is 1.46. The maximum atomic E-state index is 12.1. The zero-order valence-electron chi connectivity index (χ0n) is 11.0. The van der Waals surface area contributed by atoms with Gasteiger partial charge in [0.15, 0.2) is 0 Å². The normalized spacial score (nSPS) is 32.7. The Hall–Kier alpha value is -0.910. The van der Waals surface area contributed by atoms with Crippen LogP contribution in [-0.4, -0.2) is 38.4 Å². The summed E-state index contributed by atoms with van der Waals surface area (Å²) in [5, 5.41) is 5.17. The minimum absolute atomic E-state index is 0.110. The Balaban J connectivity index is 1.57. The van der Waals surface area contributed by atoms with Crippen LogP contribution in [-0.2, 0) is 20.7 Å². The van der Waals surface area contributed by atoms with E-state index in [0.717, 1.165) is 17.9 Å². The summed E-state index contributed by atoms with van der Waals surface area (Å²) in [6, 6.07) is 4.20. The molecule has 0 aromatic carbocycles. The molecule has 1 aliphatic carbocycles. The summed E-state index contributed by atoms with van der Waals surface area (Å²) in [6.07, 6.45) is 1.81. The molecule has 2 heterocycles. The molecule has 3 rings (SSSR count). The molecule has 2 aliphatic rings. The Labute approximate surface area is 117 Å². The smallest absolute Gasteiger partial charge is 0.225 e. The lowest BCUT2D eigenvalue weighted by Gasteiger charge is -2.47. The fourth-order valence-electron chi connectivity index (χ4n) is 3.24. The summed E-state index contributed by atoms with van der Waals surface area (Å²) in [5.41, 5.74) is 0. The SMILES string of the molecule is COC[C@@H]1[C@H](NC(=O)Cc2cccs2)[C@@H]2CCO[C@H]12. The number of carbonyl (C=O) groups is 1. The number of rotatable bonds is 5. The van der Waals surface area contributed by atoms with Crippen molar-refractivity contribution in [2.24, 2.45) is 11.8 Å². The number of fused-ring (bicyclic) bond motifs is 1. The first-order valence-electron chi connectivity index (χ1n) is 6.72. The van der Waals surface area contributed by atoms with Crippen LogP contribution in [0.25, 0.3) is 0 Å². The highest BCUT2D eigenvalue weighted by atomic mass is 32.1. The second-order valence-electron chi connectivity index (χ2n) is 5.26. The number of hydrogen-bond acceptors (Lipinski definition) is 4. The molecule has 0 unspecified atom stereocenters. The number of ether oxygens (including phenoxy) is 2. The summed E-state index contributed by atoms with van der Waals surface area (Å²) in [5.74, 6) is 0.899. The van der Waals surface area contributed by atoms with Gasteiger partial charge in [-0.1, -0.05) is 6.07 Å². The van der Waals surface area contributed by atoms with E-state index in [1.54, 1.807) is 18.4 Å². The molecule has 4 nitrogen and oxygen atoms in total. The molecule has 1 aliphatic heterocycles. The van der Waals surface area contributed by atoms with Gasteiger partial charge in [-0.25, -0.2) is 0 Å². The maximum absolute atomic E-state index is 12.1. The first-order valence-corrected chi connectivity index (χ1v) is 7.60. The molecule has 0 radical (unpaired) electrons. The highest BCUT2D eigenvalue weighted by molar-refractivity contribution is 7.10.